The Morgan fingerprint density at radius 3 is 2.46 bits per heavy atom. The van der Waals surface area contributed by atoms with E-state index in [1.807, 2.05) is 43.9 Å². The van der Waals surface area contributed by atoms with Gasteiger partial charge in [-0.15, -0.1) is 10.2 Å². The van der Waals surface area contributed by atoms with Gasteiger partial charge in [0.05, 0.1) is 5.54 Å². The summed E-state index contributed by atoms with van der Waals surface area (Å²) in [5, 5.41) is 12.2. The van der Waals surface area contributed by atoms with Crippen LogP contribution in [0.1, 0.15) is 38.3 Å². The van der Waals surface area contributed by atoms with Crippen molar-refractivity contribution in [3.05, 3.63) is 36.2 Å². The molecule has 24 heavy (non-hydrogen) atoms. The summed E-state index contributed by atoms with van der Waals surface area (Å²) >= 11 is 0. The van der Waals surface area contributed by atoms with Crippen molar-refractivity contribution in [2.45, 2.75) is 39.3 Å². The Hall–Kier alpha value is -2.44. The summed E-state index contributed by atoms with van der Waals surface area (Å²) in [6.45, 7) is 10.2. The van der Waals surface area contributed by atoms with Crippen LogP contribution in [0.3, 0.4) is 0 Å². The molecule has 1 aliphatic heterocycles. The Morgan fingerprint density at radius 2 is 1.88 bits per heavy atom. The quantitative estimate of drug-likeness (QED) is 0.840. The molecule has 0 bridgehead atoms. The Balaban J connectivity index is 1.69. The number of anilines is 1. The minimum absolute atomic E-state index is 0.148. The first-order valence-electron chi connectivity index (χ1n) is 8.28. The summed E-state index contributed by atoms with van der Waals surface area (Å²) in [5.74, 6) is 0.0235. The monoisotopic (exact) mass is 328 g/mol. The lowest BCUT2D eigenvalue weighted by atomic mass is 10.1. The van der Waals surface area contributed by atoms with Crippen molar-refractivity contribution < 1.29 is 4.79 Å². The number of nitrogens with zero attached hydrogens (tertiary/aromatic N) is 6. The molecule has 1 aliphatic rings. The first-order chi connectivity index (χ1) is 11.4. The molecule has 1 amide bonds. The number of carbonyl (C=O) groups is 1. The number of aromatic nitrogens is 4. The Morgan fingerprint density at radius 1 is 1.17 bits per heavy atom. The normalized spacial score (nSPS) is 18.8. The van der Waals surface area contributed by atoms with Crippen molar-refractivity contribution in [1.82, 2.24) is 25.1 Å². The molecule has 1 aromatic carbocycles. The van der Waals surface area contributed by atoms with Gasteiger partial charge in [-0.25, -0.2) is 0 Å². The fourth-order valence-electron chi connectivity index (χ4n) is 2.87. The van der Waals surface area contributed by atoms with Gasteiger partial charge in [0, 0.05) is 31.4 Å². The molecule has 1 saturated heterocycles. The third-order valence-electron chi connectivity index (χ3n) is 4.21. The zero-order chi connectivity index (χ0) is 17.3. The lowest BCUT2D eigenvalue weighted by molar-refractivity contribution is 0.0713. The van der Waals surface area contributed by atoms with Crippen LogP contribution in [0, 0.1) is 0 Å². The third-order valence-corrected chi connectivity index (χ3v) is 4.21. The van der Waals surface area contributed by atoms with Crippen LogP contribution < -0.4 is 4.90 Å². The van der Waals surface area contributed by atoms with E-state index in [9.17, 15) is 4.79 Å². The highest BCUT2D eigenvalue weighted by Gasteiger charge is 2.30. The maximum absolute atomic E-state index is 12.7. The van der Waals surface area contributed by atoms with E-state index in [1.165, 1.54) is 10.5 Å². The van der Waals surface area contributed by atoms with Gasteiger partial charge >= 0.3 is 0 Å². The first kappa shape index (κ1) is 16.4. The second kappa shape index (κ2) is 6.22. The largest absolute Gasteiger partial charge is 0.365 e. The highest BCUT2D eigenvalue weighted by Crippen LogP contribution is 2.20. The van der Waals surface area contributed by atoms with E-state index in [0.717, 1.165) is 6.54 Å². The lowest BCUT2D eigenvalue weighted by Gasteiger charge is -2.40. The maximum Gasteiger partial charge on any atom is 0.295 e. The van der Waals surface area contributed by atoms with Crippen LogP contribution in [0.4, 0.5) is 5.69 Å². The average Bonchev–Trinajstić information content (AvgIpc) is 3.05. The van der Waals surface area contributed by atoms with Gasteiger partial charge in [-0.05, 0) is 45.0 Å². The predicted molar refractivity (Wildman–Crippen MR) is 92.0 cm³/mol. The van der Waals surface area contributed by atoms with E-state index in [0.29, 0.717) is 13.1 Å². The van der Waals surface area contributed by atoms with Gasteiger partial charge < -0.3 is 9.80 Å². The van der Waals surface area contributed by atoms with E-state index in [4.69, 9.17) is 0 Å². The number of amides is 1. The first-order valence-corrected chi connectivity index (χ1v) is 8.28. The smallest absolute Gasteiger partial charge is 0.295 e. The van der Waals surface area contributed by atoms with Crippen LogP contribution in [0.15, 0.2) is 30.3 Å². The lowest BCUT2D eigenvalue weighted by Crippen LogP contribution is -2.54. The van der Waals surface area contributed by atoms with Crippen molar-refractivity contribution in [1.29, 1.82) is 0 Å². The SMILES string of the molecule is CC1CN(C(=O)c2nnn(C(C)(C)C)n2)CCN1c1ccccc1. The highest BCUT2D eigenvalue weighted by atomic mass is 16.2. The molecule has 1 unspecified atom stereocenters. The number of piperazine rings is 1. The molecule has 2 aromatic rings. The zero-order valence-corrected chi connectivity index (χ0v) is 14.7. The fourth-order valence-corrected chi connectivity index (χ4v) is 2.87. The Kier molecular flexibility index (Phi) is 4.26. The molecule has 7 heteroatoms. The van der Waals surface area contributed by atoms with Crippen LogP contribution in [0.5, 0.6) is 0 Å². The summed E-state index contributed by atoms with van der Waals surface area (Å²) < 4.78 is 0. The van der Waals surface area contributed by atoms with Gasteiger partial charge in [-0.2, -0.15) is 4.80 Å². The fraction of sp³-hybridized carbons (Fsp3) is 0.529. The van der Waals surface area contributed by atoms with E-state index < -0.39 is 0 Å². The minimum atomic E-state index is -0.287. The van der Waals surface area contributed by atoms with Crippen LogP contribution >= 0.6 is 0 Å². The van der Waals surface area contributed by atoms with Crippen molar-refractivity contribution >= 4 is 11.6 Å². The molecule has 0 N–H and O–H groups in total. The summed E-state index contributed by atoms with van der Waals surface area (Å²) in [6, 6.07) is 10.5. The van der Waals surface area contributed by atoms with E-state index >= 15 is 0 Å². The maximum atomic E-state index is 12.7. The number of hydrogen-bond acceptors (Lipinski definition) is 5. The van der Waals surface area contributed by atoms with Crippen LogP contribution in [-0.4, -0.2) is 56.7 Å². The summed E-state index contributed by atoms with van der Waals surface area (Å²) in [7, 11) is 0. The second-order valence-corrected chi connectivity index (χ2v) is 7.20. The summed E-state index contributed by atoms with van der Waals surface area (Å²) in [6.07, 6.45) is 0. The van der Waals surface area contributed by atoms with Gasteiger partial charge in [-0.3, -0.25) is 4.79 Å². The number of benzene rings is 1. The Labute approximate surface area is 142 Å². The molecule has 0 spiro atoms. The van der Waals surface area contributed by atoms with Crippen molar-refractivity contribution in [2.75, 3.05) is 24.5 Å². The van der Waals surface area contributed by atoms with Crippen molar-refractivity contribution in [3.63, 3.8) is 0 Å². The average molecular weight is 328 g/mol. The zero-order valence-electron chi connectivity index (χ0n) is 14.7. The molecule has 0 saturated carbocycles. The predicted octanol–water partition coefficient (Wildman–Crippen LogP) is 1.78. The molecule has 7 nitrogen and oxygen atoms in total. The van der Waals surface area contributed by atoms with Gasteiger partial charge in [0.25, 0.3) is 11.7 Å². The van der Waals surface area contributed by atoms with Crippen LogP contribution in [0.2, 0.25) is 0 Å². The van der Waals surface area contributed by atoms with Gasteiger partial charge in [-0.1, -0.05) is 18.2 Å². The molecule has 2 heterocycles. The van der Waals surface area contributed by atoms with Crippen molar-refractivity contribution in [3.8, 4) is 0 Å². The van der Waals surface area contributed by atoms with Crippen LogP contribution in [0.25, 0.3) is 0 Å². The van der Waals surface area contributed by atoms with E-state index in [-0.39, 0.29) is 23.3 Å². The molecule has 1 atom stereocenters. The van der Waals surface area contributed by atoms with E-state index in [2.05, 4.69) is 39.4 Å². The Bertz CT molecular complexity index is 705. The molecular weight excluding hydrogens is 304 g/mol. The molecule has 0 radical (unpaired) electrons. The van der Waals surface area contributed by atoms with Gasteiger partial charge in [0.2, 0.25) is 0 Å². The molecule has 128 valence electrons. The summed E-state index contributed by atoms with van der Waals surface area (Å²) in [5.41, 5.74) is 0.902. The van der Waals surface area contributed by atoms with Crippen molar-refractivity contribution in [2.24, 2.45) is 0 Å². The standard InChI is InChI=1S/C17H24N6O/c1-13-12-21(10-11-22(13)14-8-6-5-7-9-14)16(24)15-18-20-23(19-15)17(2,3)4/h5-9,13H,10-12H2,1-4H3. The second-order valence-electron chi connectivity index (χ2n) is 7.20. The number of rotatable bonds is 2. The number of hydrogen-bond donors (Lipinski definition) is 0. The molecule has 1 aromatic heterocycles. The molecule has 1 fully saturated rings. The molecular formula is C17H24N6O. The number of tetrazole rings is 1. The van der Waals surface area contributed by atoms with Gasteiger partial charge in [0.1, 0.15) is 0 Å². The number of carbonyl (C=O) groups excluding carboxylic acids is 1. The van der Waals surface area contributed by atoms with Crippen LogP contribution in [-0.2, 0) is 5.54 Å². The highest BCUT2D eigenvalue weighted by molar-refractivity contribution is 5.90. The summed E-state index contributed by atoms with van der Waals surface area (Å²) in [4.78, 5) is 18.3. The topological polar surface area (TPSA) is 67.2 Å². The van der Waals surface area contributed by atoms with Gasteiger partial charge in [0.15, 0.2) is 0 Å². The molecule has 3 rings (SSSR count). The van der Waals surface area contributed by atoms with E-state index in [1.54, 1.807) is 0 Å². The minimum Gasteiger partial charge on any atom is -0.365 e. The number of para-hydroxylation sites is 1. The third kappa shape index (κ3) is 3.25. The molecule has 0 aliphatic carbocycles.